The molecule has 1 fully saturated rings. The fourth-order valence-corrected chi connectivity index (χ4v) is 4.90. The molecular formula is C19H21N5O2S2. The quantitative estimate of drug-likeness (QED) is 0.576. The number of benzene rings is 1. The van der Waals surface area contributed by atoms with Gasteiger partial charge in [0.05, 0.1) is 17.9 Å². The van der Waals surface area contributed by atoms with Crippen LogP contribution < -0.4 is 4.74 Å². The molecule has 7 nitrogen and oxygen atoms in total. The van der Waals surface area contributed by atoms with E-state index in [9.17, 15) is 4.79 Å². The van der Waals surface area contributed by atoms with Crippen molar-refractivity contribution in [2.75, 3.05) is 26.0 Å². The van der Waals surface area contributed by atoms with Gasteiger partial charge in [-0.05, 0) is 37.1 Å². The average Bonchev–Trinajstić information content (AvgIpc) is 3.44. The summed E-state index contributed by atoms with van der Waals surface area (Å²) in [5, 5.41) is 12.0. The van der Waals surface area contributed by atoms with Crippen LogP contribution in [0.3, 0.4) is 0 Å². The van der Waals surface area contributed by atoms with E-state index >= 15 is 0 Å². The lowest BCUT2D eigenvalue weighted by Crippen LogP contribution is -2.40. The monoisotopic (exact) mass is 415 g/mol. The van der Waals surface area contributed by atoms with Crippen molar-refractivity contribution in [1.82, 2.24) is 24.6 Å². The van der Waals surface area contributed by atoms with Gasteiger partial charge in [-0.1, -0.05) is 11.8 Å². The molecule has 146 valence electrons. The van der Waals surface area contributed by atoms with Crippen molar-refractivity contribution in [3.8, 4) is 11.4 Å². The van der Waals surface area contributed by atoms with Crippen molar-refractivity contribution in [1.29, 1.82) is 0 Å². The summed E-state index contributed by atoms with van der Waals surface area (Å²) >= 11 is 3.08. The Hall–Kier alpha value is -2.39. The molecule has 3 aromatic rings. The SMILES string of the molecule is COc1ccc(-n2cnnc2SCC(=O)N2CCCC(c3nccs3)C2)cc1. The molecule has 1 unspecified atom stereocenters. The summed E-state index contributed by atoms with van der Waals surface area (Å²) in [4.78, 5) is 19.1. The molecule has 1 aliphatic rings. The van der Waals surface area contributed by atoms with Gasteiger partial charge < -0.3 is 9.64 Å². The topological polar surface area (TPSA) is 73.1 Å². The summed E-state index contributed by atoms with van der Waals surface area (Å²) < 4.78 is 7.08. The number of methoxy groups -OCH3 is 1. The van der Waals surface area contributed by atoms with E-state index in [-0.39, 0.29) is 5.91 Å². The maximum atomic E-state index is 12.8. The summed E-state index contributed by atoms with van der Waals surface area (Å²) in [6, 6.07) is 7.66. The first-order valence-electron chi connectivity index (χ1n) is 9.09. The number of thioether (sulfide) groups is 1. The molecule has 9 heteroatoms. The highest BCUT2D eigenvalue weighted by Crippen LogP contribution is 2.29. The van der Waals surface area contributed by atoms with Gasteiger partial charge >= 0.3 is 0 Å². The molecule has 0 saturated carbocycles. The number of hydrogen-bond donors (Lipinski definition) is 0. The zero-order valence-electron chi connectivity index (χ0n) is 15.5. The van der Waals surface area contributed by atoms with E-state index in [1.807, 2.05) is 45.3 Å². The molecule has 2 aromatic heterocycles. The largest absolute Gasteiger partial charge is 0.497 e. The fourth-order valence-electron chi connectivity index (χ4n) is 3.30. The number of thiazole rings is 1. The van der Waals surface area contributed by atoms with Crippen LogP contribution in [0.15, 0.2) is 47.3 Å². The Balaban J connectivity index is 1.38. The van der Waals surface area contributed by atoms with Crippen molar-refractivity contribution in [2.45, 2.75) is 23.9 Å². The van der Waals surface area contributed by atoms with Crippen LogP contribution in [0.5, 0.6) is 5.75 Å². The Morgan fingerprint density at radius 1 is 1.36 bits per heavy atom. The first kappa shape index (κ1) is 18.9. The third-order valence-electron chi connectivity index (χ3n) is 4.77. The number of piperidine rings is 1. The standard InChI is InChI=1S/C19H21N5O2S2/c1-26-16-6-4-15(5-7-16)24-13-21-22-19(24)28-12-17(25)23-9-2-3-14(11-23)18-20-8-10-27-18/h4-8,10,13-14H,2-3,9,11-12H2,1H3. The Morgan fingerprint density at radius 2 is 2.21 bits per heavy atom. The van der Waals surface area contributed by atoms with E-state index in [2.05, 4.69) is 15.2 Å². The number of aromatic nitrogens is 4. The second kappa shape index (κ2) is 8.74. The molecular weight excluding hydrogens is 394 g/mol. The van der Waals surface area contributed by atoms with Crippen molar-refractivity contribution in [3.63, 3.8) is 0 Å². The highest BCUT2D eigenvalue weighted by atomic mass is 32.2. The molecule has 0 aliphatic carbocycles. The lowest BCUT2D eigenvalue weighted by atomic mass is 9.99. The summed E-state index contributed by atoms with van der Waals surface area (Å²) in [6.07, 6.45) is 5.61. The third kappa shape index (κ3) is 4.20. The molecule has 1 amide bonds. The number of carbonyl (C=O) groups is 1. The van der Waals surface area contributed by atoms with E-state index < -0.39 is 0 Å². The number of amides is 1. The van der Waals surface area contributed by atoms with Gasteiger partial charge in [0.15, 0.2) is 5.16 Å². The van der Waals surface area contributed by atoms with Crippen LogP contribution >= 0.6 is 23.1 Å². The van der Waals surface area contributed by atoms with Crippen molar-refractivity contribution in [2.24, 2.45) is 0 Å². The van der Waals surface area contributed by atoms with E-state index in [1.54, 1.807) is 24.8 Å². The smallest absolute Gasteiger partial charge is 0.233 e. The van der Waals surface area contributed by atoms with Gasteiger partial charge in [0.2, 0.25) is 5.91 Å². The third-order valence-corrected chi connectivity index (χ3v) is 6.63. The Bertz CT molecular complexity index is 911. The van der Waals surface area contributed by atoms with Crippen molar-refractivity contribution < 1.29 is 9.53 Å². The first-order valence-corrected chi connectivity index (χ1v) is 11.0. The highest BCUT2D eigenvalue weighted by Gasteiger charge is 2.26. The lowest BCUT2D eigenvalue weighted by Gasteiger charge is -2.31. The minimum Gasteiger partial charge on any atom is -0.497 e. The minimum atomic E-state index is 0.135. The zero-order chi connectivity index (χ0) is 19.3. The van der Waals surface area contributed by atoms with Crippen LogP contribution in [0.2, 0.25) is 0 Å². The molecule has 0 spiro atoms. The maximum absolute atomic E-state index is 12.8. The molecule has 4 rings (SSSR count). The fraction of sp³-hybridized carbons (Fsp3) is 0.368. The Kier molecular flexibility index (Phi) is 5.92. The summed E-state index contributed by atoms with van der Waals surface area (Å²) in [7, 11) is 1.64. The molecule has 0 radical (unpaired) electrons. The second-order valence-corrected chi connectivity index (χ2v) is 8.39. The van der Waals surface area contributed by atoms with Gasteiger partial charge in [0.1, 0.15) is 12.1 Å². The maximum Gasteiger partial charge on any atom is 0.233 e. The predicted molar refractivity (Wildman–Crippen MR) is 109 cm³/mol. The van der Waals surface area contributed by atoms with Crippen molar-refractivity contribution >= 4 is 29.0 Å². The zero-order valence-corrected chi connectivity index (χ0v) is 17.2. The number of rotatable bonds is 6. The van der Waals surface area contributed by atoms with Gasteiger partial charge in [0, 0.05) is 36.3 Å². The molecule has 1 aliphatic heterocycles. The van der Waals surface area contributed by atoms with Gasteiger partial charge in [-0.25, -0.2) is 4.98 Å². The molecule has 0 N–H and O–H groups in total. The summed E-state index contributed by atoms with van der Waals surface area (Å²) in [5.74, 6) is 1.63. The number of carbonyl (C=O) groups excluding carboxylic acids is 1. The average molecular weight is 416 g/mol. The normalized spacial score (nSPS) is 16.9. The molecule has 0 bridgehead atoms. The van der Waals surface area contributed by atoms with Gasteiger partial charge in [0.25, 0.3) is 0 Å². The van der Waals surface area contributed by atoms with E-state index in [0.717, 1.165) is 42.4 Å². The second-order valence-electron chi connectivity index (χ2n) is 6.52. The number of hydrogen-bond acceptors (Lipinski definition) is 7. The molecule has 28 heavy (non-hydrogen) atoms. The summed E-state index contributed by atoms with van der Waals surface area (Å²) in [5.41, 5.74) is 0.933. The van der Waals surface area contributed by atoms with Crippen LogP contribution in [0, 0.1) is 0 Å². The van der Waals surface area contributed by atoms with Crippen LogP contribution in [-0.4, -0.2) is 56.5 Å². The van der Waals surface area contributed by atoms with Crippen LogP contribution in [0.25, 0.3) is 5.69 Å². The summed E-state index contributed by atoms with van der Waals surface area (Å²) in [6.45, 7) is 1.56. The number of likely N-dealkylation sites (tertiary alicyclic amines) is 1. The lowest BCUT2D eigenvalue weighted by molar-refractivity contribution is -0.129. The molecule has 1 atom stereocenters. The van der Waals surface area contributed by atoms with Gasteiger partial charge in [-0.15, -0.1) is 21.5 Å². The van der Waals surface area contributed by atoms with E-state index in [1.165, 1.54) is 11.8 Å². The Labute approximate surface area is 171 Å². The van der Waals surface area contributed by atoms with E-state index in [0.29, 0.717) is 16.8 Å². The number of ether oxygens (including phenoxy) is 1. The van der Waals surface area contributed by atoms with Crippen LogP contribution in [0.4, 0.5) is 0 Å². The predicted octanol–water partition coefficient (Wildman–Crippen LogP) is 3.23. The van der Waals surface area contributed by atoms with E-state index in [4.69, 9.17) is 4.74 Å². The highest BCUT2D eigenvalue weighted by molar-refractivity contribution is 7.99. The molecule has 3 heterocycles. The van der Waals surface area contributed by atoms with Gasteiger partial charge in [-0.2, -0.15) is 0 Å². The minimum absolute atomic E-state index is 0.135. The number of nitrogens with zero attached hydrogens (tertiary/aromatic N) is 5. The Morgan fingerprint density at radius 3 is 2.96 bits per heavy atom. The van der Waals surface area contributed by atoms with Crippen LogP contribution in [0.1, 0.15) is 23.8 Å². The molecule has 1 aromatic carbocycles. The van der Waals surface area contributed by atoms with Gasteiger partial charge in [-0.3, -0.25) is 9.36 Å². The van der Waals surface area contributed by atoms with Crippen LogP contribution in [-0.2, 0) is 4.79 Å². The molecule has 1 saturated heterocycles. The van der Waals surface area contributed by atoms with Crippen molar-refractivity contribution in [3.05, 3.63) is 47.2 Å². The first-order chi connectivity index (χ1) is 13.7.